The van der Waals surface area contributed by atoms with Crippen LogP contribution in [0.4, 0.5) is 0 Å². The summed E-state index contributed by atoms with van der Waals surface area (Å²) in [4.78, 5) is 0. The Labute approximate surface area is 77.8 Å². The summed E-state index contributed by atoms with van der Waals surface area (Å²) in [5.74, 6) is 0.199. The van der Waals surface area contributed by atoms with Gasteiger partial charge in [0.1, 0.15) is 5.75 Å². The summed E-state index contributed by atoms with van der Waals surface area (Å²) in [7, 11) is 0. The molecular weight excluding hydrogens is 166 g/mol. The lowest BCUT2D eigenvalue weighted by Crippen LogP contribution is -2.30. The molecule has 1 rings (SSSR count). The maximum absolute atomic E-state index is 9.49. The SMILES string of the molecule is CC(c1ccccc1O)C(N)CO. The van der Waals surface area contributed by atoms with Gasteiger partial charge in [-0.1, -0.05) is 25.1 Å². The molecule has 0 bridgehead atoms. The predicted molar refractivity (Wildman–Crippen MR) is 51.6 cm³/mol. The van der Waals surface area contributed by atoms with Crippen molar-refractivity contribution >= 4 is 0 Å². The third-order valence-electron chi connectivity index (χ3n) is 2.28. The lowest BCUT2D eigenvalue weighted by atomic mass is 9.94. The Bertz CT molecular complexity index is 275. The summed E-state index contributed by atoms with van der Waals surface area (Å²) in [5.41, 5.74) is 6.44. The van der Waals surface area contributed by atoms with Crippen LogP contribution in [0.1, 0.15) is 18.4 Å². The highest BCUT2D eigenvalue weighted by Crippen LogP contribution is 2.26. The Morgan fingerprint density at radius 2 is 2.00 bits per heavy atom. The number of rotatable bonds is 3. The molecule has 3 heteroatoms. The number of phenols is 1. The number of para-hydroxylation sites is 1. The molecule has 0 aliphatic rings. The summed E-state index contributed by atoms with van der Waals surface area (Å²) >= 11 is 0. The van der Waals surface area contributed by atoms with Crippen molar-refractivity contribution in [3.8, 4) is 5.75 Å². The van der Waals surface area contributed by atoms with Gasteiger partial charge in [0.05, 0.1) is 6.61 Å². The van der Waals surface area contributed by atoms with Gasteiger partial charge in [0.2, 0.25) is 0 Å². The molecule has 0 radical (unpaired) electrons. The second-order valence-electron chi connectivity index (χ2n) is 3.19. The Hall–Kier alpha value is -1.06. The largest absolute Gasteiger partial charge is 0.508 e. The van der Waals surface area contributed by atoms with Gasteiger partial charge < -0.3 is 15.9 Å². The molecule has 1 aromatic carbocycles. The molecule has 0 aromatic heterocycles. The number of phenolic OH excluding ortho intramolecular Hbond substituents is 1. The standard InChI is InChI=1S/C10H15NO2/c1-7(9(11)6-12)8-4-2-3-5-10(8)13/h2-5,7,9,12-13H,6,11H2,1H3. The minimum atomic E-state index is -0.326. The molecule has 1 aromatic rings. The zero-order valence-corrected chi connectivity index (χ0v) is 7.64. The summed E-state index contributed by atoms with van der Waals surface area (Å²) in [6, 6.07) is 6.71. The minimum Gasteiger partial charge on any atom is -0.508 e. The van der Waals surface area contributed by atoms with Crippen molar-refractivity contribution in [3.63, 3.8) is 0 Å². The van der Waals surface area contributed by atoms with E-state index in [9.17, 15) is 5.11 Å². The fraction of sp³-hybridized carbons (Fsp3) is 0.400. The Kier molecular flexibility index (Phi) is 3.28. The molecule has 2 unspecified atom stereocenters. The first-order valence-corrected chi connectivity index (χ1v) is 4.31. The number of hydrogen-bond donors (Lipinski definition) is 3. The van der Waals surface area contributed by atoms with Gasteiger partial charge in [0.25, 0.3) is 0 Å². The van der Waals surface area contributed by atoms with Gasteiger partial charge in [-0.2, -0.15) is 0 Å². The number of nitrogens with two attached hydrogens (primary N) is 1. The van der Waals surface area contributed by atoms with Crippen molar-refractivity contribution in [2.24, 2.45) is 5.73 Å². The molecule has 0 saturated carbocycles. The van der Waals surface area contributed by atoms with E-state index in [0.29, 0.717) is 0 Å². The normalized spacial score (nSPS) is 15.3. The van der Waals surface area contributed by atoms with Gasteiger partial charge in [0, 0.05) is 12.0 Å². The van der Waals surface area contributed by atoms with Crippen LogP contribution in [-0.2, 0) is 0 Å². The zero-order valence-electron chi connectivity index (χ0n) is 7.64. The fourth-order valence-corrected chi connectivity index (χ4v) is 1.26. The third-order valence-corrected chi connectivity index (χ3v) is 2.28. The molecule has 3 nitrogen and oxygen atoms in total. The number of benzene rings is 1. The van der Waals surface area contributed by atoms with Crippen LogP contribution in [0.5, 0.6) is 5.75 Å². The van der Waals surface area contributed by atoms with Crippen molar-refractivity contribution in [1.29, 1.82) is 0 Å². The van der Waals surface area contributed by atoms with Crippen molar-refractivity contribution in [1.82, 2.24) is 0 Å². The molecular formula is C10H15NO2. The summed E-state index contributed by atoms with van der Waals surface area (Å²) in [6.45, 7) is 1.81. The molecule has 0 amide bonds. The van der Waals surface area contributed by atoms with Gasteiger partial charge in [-0.15, -0.1) is 0 Å². The smallest absolute Gasteiger partial charge is 0.119 e. The molecule has 0 saturated heterocycles. The summed E-state index contributed by atoms with van der Waals surface area (Å²) in [5, 5.41) is 18.3. The van der Waals surface area contributed by atoms with Gasteiger partial charge in [-0.05, 0) is 11.6 Å². The second-order valence-corrected chi connectivity index (χ2v) is 3.19. The molecule has 0 aliphatic carbocycles. The van der Waals surface area contributed by atoms with Crippen molar-refractivity contribution < 1.29 is 10.2 Å². The number of aliphatic hydroxyl groups is 1. The van der Waals surface area contributed by atoms with E-state index < -0.39 is 0 Å². The Morgan fingerprint density at radius 3 is 2.54 bits per heavy atom. The zero-order chi connectivity index (χ0) is 9.84. The van der Waals surface area contributed by atoms with Crippen LogP contribution in [0.3, 0.4) is 0 Å². The number of aromatic hydroxyl groups is 1. The van der Waals surface area contributed by atoms with Crippen LogP contribution in [-0.4, -0.2) is 22.9 Å². The molecule has 2 atom stereocenters. The fourth-order valence-electron chi connectivity index (χ4n) is 1.26. The first-order chi connectivity index (χ1) is 6.16. The maximum Gasteiger partial charge on any atom is 0.119 e. The van der Waals surface area contributed by atoms with Crippen molar-refractivity contribution in [3.05, 3.63) is 29.8 Å². The van der Waals surface area contributed by atoms with Crippen LogP contribution < -0.4 is 5.73 Å². The van der Waals surface area contributed by atoms with Gasteiger partial charge in [-0.25, -0.2) is 0 Å². The highest BCUT2D eigenvalue weighted by molar-refractivity contribution is 5.35. The van der Waals surface area contributed by atoms with E-state index in [1.54, 1.807) is 12.1 Å². The summed E-state index contributed by atoms with van der Waals surface area (Å²) in [6.07, 6.45) is 0. The van der Waals surface area contributed by atoms with Gasteiger partial charge in [0.15, 0.2) is 0 Å². The lowest BCUT2D eigenvalue weighted by Gasteiger charge is -2.18. The average Bonchev–Trinajstić information content (AvgIpc) is 2.16. The molecule has 72 valence electrons. The third kappa shape index (κ3) is 2.20. The maximum atomic E-state index is 9.49. The average molecular weight is 181 g/mol. The quantitative estimate of drug-likeness (QED) is 0.646. The van der Waals surface area contributed by atoms with Crippen LogP contribution in [0, 0.1) is 0 Å². The van der Waals surface area contributed by atoms with E-state index in [4.69, 9.17) is 10.8 Å². The van der Waals surface area contributed by atoms with Gasteiger partial charge in [-0.3, -0.25) is 0 Å². The van der Waals surface area contributed by atoms with Crippen LogP contribution in [0.15, 0.2) is 24.3 Å². The molecule has 0 fully saturated rings. The van der Waals surface area contributed by atoms with Gasteiger partial charge >= 0.3 is 0 Å². The van der Waals surface area contributed by atoms with E-state index in [1.165, 1.54) is 0 Å². The van der Waals surface area contributed by atoms with Crippen molar-refractivity contribution in [2.75, 3.05) is 6.61 Å². The highest BCUT2D eigenvalue weighted by atomic mass is 16.3. The predicted octanol–water partition coefficient (Wildman–Crippen LogP) is 0.815. The summed E-state index contributed by atoms with van der Waals surface area (Å²) < 4.78 is 0. The molecule has 13 heavy (non-hydrogen) atoms. The molecule has 0 aliphatic heterocycles. The van der Waals surface area contributed by atoms with Crippen LogP contribution in [0.25, 0.3) is 0 Å². The van der Waals surface area contributed by atoms with E-state index in [-0.39, 0.29) is 24.3 Å². The lowest BCUT2D eigenvalue weighted by molar-refractivity contribution is 0.251. The van der Waals surface area contributed by atoms with E-state index in [0.717, 1.165) is 5.56 Å². The first kappa shape index (κ1) is 10.0. The van der Waals surface area contributed by atoms with Crippen molar-refractivity contribution in [2.45, 2.75) is 18.9 Å². The number of aliphatic hydroxyl groups excluding tert-OH is 1. The Morgan fingerprint density at radius 1 is 1.38 bits per heavy atom. The second kappa shape index (κ2) is 4.25. The molecule has 4 N–H and O–H groups in total. The van der Waals surface area contributed by atoms with E-state index >= 15 is 0 Å². The monoisotopic (exact) mass is 181 g/mol. The first-order valence-electron chi connectivity index (χ1n) is 4.31. The van der Waals surface area contributed by atoms with E-state index in [1.807, 2.05) is 19.1 Å². The number of hydrogen-bond acceptors (Lipinski definition) is 3. The highest BCUT2D eigenvalue weighted by Gasteiger charge is 2.16. The molecule has 0 spiro atoms. The topological polar surface area (TPSA) is 66.5 Å². The van der Waals surface area contributed by atoms with Crippen LogP contribution >= 0.6 is 0 Å². The van der Waals surface area contributed by atoms with E-state index in [2.05, 4.69) is 0 Å². The Balaban J connectivity index is 2.88. The minimum absolute atomic E-state index is 0.0359. The molecule has 0 heterocycles. The van der Waals surface area contributed by atoms with Crippen LogP contribution in [0.2, 0.25) is 0 Å².